The van der Waals surface area contributed by atoms with Gasteiger partial charge in [0.05, 0.1) is 11.3 Å². The lowest BCUT2D eigenvalue weighted by molar-refractivity contribution is 0.102. The number of nitrogens with one attached hydrogen (secondary N) is 1. The third-order valence-corrected chi connectivity index (χ3v) is 4.14. The number of rotatable bonds is 2. The lowest BCUT2D eigenvalue weighted by Crippen LogP contribution is -2.14. The van der Waals surface area contributed by atoms with E-state index in [1.165, 1.54) is 0 Å². The molecule has 7 heteroatoms. The Morgan fingerprint density at radius 3 is 2.79 bits per heavy atom. The van der Waals surface area contributed by atoms with Crippen molar-refractivity contribution in [3.63, 3.8) is 0 Å². The molecule has 2 rings (SSSR count). The first-order valence-electron chi connectivity index (χ1n) is 5.05. The quantitative estimate of drug-likeness (QED) is 0.494. The van der Waals surface area contributed by atoms with E-state index in [9.17, 15) is 4.79 Å². The van der Waals surface area contributed by atoms with Gasteiger partial charge < -0.3 is 5.32 Å². The first-order valence-corrected chi connectivity index (χ1v) is 7.67. The van der Waals surface area contributed by atoms with Gasteiger partial charge in [-0.1, -0.05) is 23.2 Å². The van der Waals surface area contributed by atoms with Crippen LogP contribution >= 0.6 is 61.7 Å². The lowest BCUT2D eigenvalue weighted by atomic mass is 10.2. The van der Waals surface area contributed by atoms with E-state index in [0.29, 0.717) is 16.3 Å². The van der Waals surface area contributed by atoms with E-state index >= 15 is 0 Å². The summed E-state index contributed by atoms with van der Waals surface area (Å²) in [5.74, 6) is -0.284. The maximum absolute atomic E-state index is 12.2. The molecule has 0 unspecified atom stereocenters. The molecule has 0 aliphatic carbocycles. The van der Waals surface area contributed by atoms with Gasteiger partial charge in [0.15, 0.2) is 5.15 Å². The second-order valence-electron chi connectivity index (χ2n) is 3.57. The Hall–Kier alpha value is -0.370. The highest BCUT2D eigenvalue weighted by molar-refractivity contribution is 14.1. The Kier molecular flexibility index (Phi) is 5.05. The second-order valence-corrected chi connectivity index (χ2v) is 6.44. The summed E-state index contributed by atoms with van der Waals surface area (Å²) in [6, 6.07) is 6.80. The number of amides is 1. The average molecular weight is 472 g/mol. The van der Waals surface area contributed by atoms with Crippen LogP contribution in [-0.4, -0.2) is 10.9 Å². The number of halogens is 4. The standard InChI is InChI=1S/C12H6BrCl2IN2O/c13-6-3-10(11(15)17-5-6)18-12(19)8-4-7(14)1-2-9(8)16/h1-5H,(H,18,19). The fourth-order valence-electron chi connectivity index (χ4n) is 1.37. The van der Waals surface area contributed by atoms with Crippen LogP contribution in [0.2, 0.25) is 10.2 Å². The van der Waals surface area contributed by atoms with E-state index in [4.69, 9.17) is 23.2 Å². The first-order chi connectivity index (χ1) is 8.97. The molecule has 0 saturated carbocycles. The van der Waals surface area contributed by atoms with Crippen LogP contribution in [0.4, 0.5) is 5.69 Å². The third-order valence-electron chi connectivity index (χ3n) is 2.23. The van der Waals surface area contributed by atoms with Gasteiger partial charge >= 0.3 is 0 Å². The number of hydrogen-bond donors (Lipinski definition) is 1. The molecular weight excluding hydrogens is 466 g/mol. The molecule has 19 heavy (non-hydrogen) atoms. The summed E-state index contributed by atoms with van der Waals surface area (Å²) in [5.41, 5.74) is 0.931. The summed E-state index contributed by atoms with van der Waals surface area (Å²) in [6.07, 6.45) is 1.56. The van der Waals surface area contributed by atoms with Crippen molar-refractivity contribution < 1.29 is 4.79 Å². The van der Waals surface area contributed by atoms with E-state index in [1.54, 1.807) is 30.5 Å². The maximum Gasteiger partial charge on any atom is 0.256 e. The molecule has 2 aromatic rings. The normalized spacial score (nSPS) is 10.3. The Morgan fingerprint density at radius 2 is 2.05 bits per heavy atom. The zero-order valence-corrected chi connectivity index (χ0v) is 14.5. The molecule has 0 aliphatic rings. The van der Waals surface area contributed by atoms with Crippen LogP contribution in [0.3, 0.4) is 0 Å². The molecule has 1 aromatic heterocycles. The zero-order valence-electron chi connectivity index (χ0n) is 9.25. The predicted molar refractivity (Wildman–Crippen MR) is 89.1 cm³/mol. The van der Waals surface area contributed by atoms with Gasteiger partial charge in [0.1, 0.15) is 0 Å². The van der Waals surface area contributed by atoms with Crippen molar-refractivity contribution in [1.82, 2.24) is 4.98 Å². The van der Waals surface area contributed by atoms with E-state index in [0.717, 1.165) is 8.04 Å². The van der Waals surface area contributed by atoms with Crippen molar-refractivity contribution in [3.8, 4) is 0 Å². The number of benzene rings is 1. The molecule has 0 saturated heterocycles. The molecule has 0 fully saturated rings. The van der Waals surface area contributed by atoms with Gasteiger partial charge in [-0.25, -0.2) is 4.98 Å². The lowest BCUT2D eigenvalue weighted by Gasteiger charge is -2.08. The van der Waals surface area contributed by atoms with E-state index in [1.807, 2.05) is 0 Å². The molecule has 1 amide bonds. The Bertz CT molecular complexity index is 652. The first kappa shape index (κ1) is 15.0. The summed E-state index contributed by atoms with van der Waals surface area (Å²) in [6.45, 7) is 0. The molecule has 3 nitrogen and oxygen atoms in total. The number of hydrogen-bond acceptors (Lipinski definition) is 2. The maximum atomic E-state index is 12.2. The number of carbonyl (C=O) groups is 1. The Balaban J connectivity index is 2.30. The van der Waals surface area contributed by atoms with E-state index < -0.39 is 0 Å². The van der Waals surface area contributed by atoms with Crippen LogP contribution in [-0.2, 0) is 0 Å². The molecule has 0 radical (unpaired) electrons. The van der Waals surface area contributed by atoms with Crippen LogP contribution in [0.5, 0.6) is 0 Å². The summed E-state index contributed by atoms with van der Waals surface area (Å²) in [4.78, 5) is 16.1. The van der Waals surface area contributed by atoms with Crippen molar-refractivity contribution in [2.24, 2.45) is 0 Å². The fourth-order valence-corrected chi connectivity index (χ4v) is 2.61. The molecule has 98 valence electrons. The van der Waals surface area contributed by atoms with Crippen LogP contribution in [0.15, 0.2) is 34.9 Å². The van der Waals surface area contributed by atoms with Gasteiger partial charge in [0.25, 0.3) is 5.91 Å². The van der Waals surface area contributed by atoms with Crippen molar-refractivity contribution in [1.29, 1.82) is 0 Å². The molecule has 0 atom stereocenters. The van der Waals surface area contributed by atoms with Gasteiger partial charge in [0, 0.05) is 19.3 Å². The molecule has 1 N–H and O–H groups in total. The summed E-state index contributed by atoms with van der Waals surface area (Å²) >= 11 is 17.2. The van der Waals surface area contributed by atoms with Crippen LogP contribution in [0, 0.1) is 3.57 Å². The third kappa shape index (κ3) is 3.81. The largest absolute Gasteiger partial charge is 0.319 e. The number of aromatic nitrogens is 1. The molecule has 1 aromatic carbocycles. The molecular formula is C12H6BrCl2IN2O. The Morgan fingerprint density at radius 1 is 1.32 bits per heavy atom. The summed E-state index contributed by atoms with van der Waals surface area (Å²) < 4.78 is 1.53. The highest BCUT2D eigenvalue weighted by Crippen LogP contribution is 2.25. The van der Waals surface area contributed by atoms with Crippen LogP contribution in [0.25, 0.3) is 0 Å². The topological polar surface area (TPSA) is 42.0 Å². The monoisotopic (exact) mass is 470 g/mol. The fraction of sp³-hybridized carbons (Fsp3) is 0. The van der Waals surface area contributed by atoms with Gasteiger partial charge in [-0.15, -0.1) is 0 Å². The van der Waals surface area contributed by atoms with Gasteiger partial charge in [0.2, 0.25) is 0 Å². The minimum absolute atomic E-state index is 0.230. The minimum atomic E-state index is -0.284. The van der Waals surface area contributed by atoms with E-state index in [2.05, 4.69) is 48.8 Å². The molecule has 0 spiro atoms. The summed E-state index contributed by atoms with van der Waals surface area (Å²) in [5, 5.41) is 3.44. The van der Waals surface area contributed by atoms with Crippen molar-refractivity contribution in [2.45, 2.75) is 0 Å². The highest BCUT2D eigenvalue weighted by atomic mass is 127. The number of pyridine rings is 1. The second kappa shape index (κ2) is 6.39. The van der Waals surface area contributed by atoms with Crippen molar-refractivity contribution in [2.75, 3.05) is 5.32 Å². The average Bonchev–Trinajstić information content (AvgIpc) is 2.36. The number of anilines is 1. The van der Waals surface area contributed by atoms with E-state index in [-0.39, 0.29) is 11.1 Å². The minimum Gasteiger partial charge on any atom is -0.319 e. The Labute approximate surface area is 142 Å². The van der Waals surface area contributed by atoms with Gasteiger partial charge in [-0.2, -0.15) is 0 Å². The SMILES string of the molecule is O=C(Nc1cc(Br)cnc1Cl)c1cc(Cl)ccc1I. The van der Waals surface area contributed by atoms with Gasteiger partial charge in [-0.3, -0.25) is 4.79 Å². The van der Waals surface area contributed by atoms with Crippen LogP contribution in [0.1, 0.15) is 10.4 Å². The number of carbonyl (C=O) groups excluding carboxylic acids is 1. The van der Waals surface area contributed by atoms with Crippen LogP contribution < -0.4 is 5.32 Å². The molecule has 1 heterocycles. The van der Waals surface area contributed by atoms with Crippen molar-refractivity contribution in [3.05, 3.63) is 54.2 Å². The molecule has 0 bridgehead atoms. The zero-order chi connectivity index (χ0) is 14.0. The number of nitrogens with zero attached hydrogens (tertiary/aromatic N) is 1. The smallest absolute Gasteiger partial charge is 0.256 e. The summed E-state index contributed by atoms with van der Waals surface area (Å²) in [7, 11) is 0. The predicted octanol–water partition coefficient (Wildman–Crippen LogP) is 5.01. The molecule has 0 aliphatic heterocycles. The highest BCUT2D eigenvalue weighted by Gasteiger charge is 2.13. The van der Waals surface area contributed by atoms with Crippen molar-refractivity contribution >= 4 is 73.3 Å². The van der Waals surface area contributed by atoms with Gasteiger partial charge in [-0.05, 0) is 62.8 Å².